The Morgan fingerprint density at radius 2 is 2.10 bits per heavy atom. The Bertz CT molecular complexity index is 410. The van der Waals surface area contributed by atoms with Crippen LogP contribution in [0.5, 0.6) is 0 Å². The maximum absolute atomic E-state index is 12.9. The van der Waals surface area contributed by atoms with Gasteiger partial charge in [-0.1, -0.05) is 19.9 Å². The molecular weight excluding hydrogens is 370 g/mol. The molecule has 0 unspecified atom stereocenters. The number of aliphatic imine (C=N–C) groups is 1. The van der Waals surface area contributed by atoms with Crippen molar-refractivity contribution < 1.29 is 4.39 Å². The van der Waals surface area contributed by atoms with Crippen molar-refractivity contribution in [1.29, 1.82) is 0 Å². The first kappa shape index (κ1) is 18.9. The molecule has 4 N–H and O–H groups in total. The fourth-order valence-corrected chi connectivity index (χ4v) is 1.47. The fourth-order valence-electron chi connectivity index (χ4n) is 1.47. The Morgan fingerprint density at radius 1 is 1.35 bits per heavy atom. The van der Waals surface area contributed by atoms with Gasteiger partial charge in [-0.05, 0) is 30.5 Å². The van der Waals surface area contributed by atoms with Crippen LogP contribution in [0.2, 0.25) is 0 Å². The minimum atomic E-state index is -0.229. The van der Waals surface area contributed by atoms with Crippen LogP contribution in [0.1, 0.15) is 20.3 Å². The normalized spacial score (nSPS) is 11.1. The molecule has 0 aliphatic heterocycles. The second-order valence-corrected chi connectivity index (χ2v) is 4.84. The average Bonchev–Trinajstić information content (AvgIpc) is 2.36. The number of nitrogens with two attached hydrogens (primary N) is 1. The quantitative estimate of drug-likeness (QED) is 0.289. The van der Waals surface area contributed by atoms with Crippen molar-refractivity contribution in [3.05, 3.63) is 30.1 Å². The van der Waals surface area contributed by atoms with E-state index in [0.29, 0.717) is 11.9 Å². The van der Waals surface area contributed by atoms with Gasteiger partial charge in [-0.25, -0.2) is 4.39 Å². The van der Waals surface area contributed by atoms with Crippen LogP contribution in [-0.2, 0) is 0 Å². The highest BCUT2D eigenvalue weighted by Crippen LogP contribution is 2.08. The fraction of sp³-hybridized carbons (Fsp3) is 0.500. The summed E-state index contributed by atoms with van der Waals surface area (Å²) in [6.45, 7) is 6.43. The monoisotopic (exact) mass is 394 g/mol. The van der Waals surface area contributed by atoms with E-state index in [-0.39, 0.29) is 29.8 Å². The van der Waals surface area contributed by atoms with Crippen LogP contribution < -0.4 is 16.4 Å². The predicted molar refractivity (Wildman–Crippen MR) is 94.3 cm³/mol. The van der Waals surface area contributed by atoms with E-state index in [0.717, 1.165) is 31.7 Å². The Hall–Kier alpha value is -1.05. The first-order valence-corrected chi connectivity index (χ1v) is 6.61. The van der Waals surface area contributed by atoms with E-state index in [1.54, 1.807) is 6.07 Å². The second-order valence-electron chi connectivity index (χ2n) is 4.84. The summed E-state index contributed by atoms with van der Waals surface area (Å²) < 4.78 is 12.9. The molecule has 0 amide bonds. The highest BCUT2D eigenvalue weighted by molar-refractivity contribution is 14.0. The zero-order valence-electron chi connectivity index (χ0n) is 12.0. The lowest BCUT2D eigenvalue weighted by Crippen LogP contribution is -2.33. The van der Waals surface area contributed by atoms with Gasteiger partial charge in [-0.3, -0.25) is 4.99 Å². The van der Waals surface area contributed by atoms with E-state index in [1.165, 1.54) is 12.1 Å². The van der Waals surface area contributed by atoms with Gasteiger partial charge in [0.25, 0.3) is 0 Å². The van der Waals surface area contributed by atoms with E-state index in [9.17, 15) is 4.39 Å². The molecule has 0 atom stereocenters. The van der Waals surface area contributed by atoms with Gasteiger partial charge in [0.15, 0.2) is 5.96 Å². The minimum absolute atomic E-state index is 0. The third-order valence-corrected chi connectivity index (χ3v) is 2.44. The van der Waals surface area contributed by atoms with Gasteiger partial charge >= 0.3 is 0 Å². The first-order valence-electron chi connectivity index (χ1n) is 6.61. The van der Waals surface area contributed by atoms with Crippen LogP contribution in [0.15, 0.2) is 29.3 Å². The van der Waals surface area contributed by atoms with E-state index < -0.39 is 0 Å². The SMILES string of the molecule is CC(C)CN=C(N)NCCCNc1cccc(F)c1.I. The van der Waals surface area contributed by atoms with Crippen molar-refractivity contribution in [2.75, 3.05) is 25.0 Å². The molecule has 0 radical (unpaired) electrons. The van der Waals surface area contributed by atoms with Crippen LogP contribution >= 0.6 is 24.0 Å². The van der Waals surface area contributed by atoms with Crippen molar-refractivity contribution in [1.82, 2.24) is 5.32 Å². The molecule has 0 aliphatic carbocycles. The highest BCUT2D eigenvalue weighted by atomic mass is 127. The molecule has 1 aromatic carbocycles. The Kier molecular flexibility index (Phi) is 10.1. The Balaban J connectivity index is 0.00000361. The van der Waals surface area contributed by atoms with Crippen LogP contribution in [0, 0.1) is 11.7 Å². The molecule has 0 bridgehead atoms. The molecule has 6 heteroatoms. The number of anilines is 1. The van der Waals surface area contributed by atoms with Gasteiger partial charge in [-0.15, -0.1) is 24.0 Å². The summed E-state index contributed by atoms with van der Waals surface area (Å²) >= 11 is 0. The molecule has 4 nitrogen and oxygen atoms in total. The van der Waals surface area contributed by atoms with Gasteiger partial charge in [0, 0.05) is 25.3 Å². The molecule has 20 heavy (non-hydrogen) atoms. The van der Waals surface area contributed by atoms with Crippen LogP contribution in [0.25, 0.3) is 0 Å². The number of rotatable bonds is 7. The number of halogens is 2. The summed E-state index contributed by atoms with van der Waals surface area (Å²) in [5.41, 5.74) is 6.50. The van der Waals surface area contributed by atoms with E-state index >= 15 is 0 Å². The van der Waals surface area contributed by atoms with Crippen molar-refractivity contribution in [3.8, 4) is 0 Å². The summed E-state index contributed by atoms with van der Waals surface area (Å²) in [5.74, 6) is 0.766. The number of hydrogen-bond donors (Lipinski definition) is 3. The van der Waals surface area contributed by atoms with Crippen LogP contribution in [-0.4, -0.2) is 25.6 Å². The van der Waals surface area contributed by atoms with Crippen molar-refractivity contribution >= 4 is 35.6 Å². The lowest BCUT2D eigenvalue weighted by atomic mass is 10.2. The average molecular weight is 394 g/mol. The van der Waals surface area contributed by atoms with E-state index in [4.69, 9.17) is 5.73 Å². The second kappa shape index (κ2) is 10.7. The zero-order chi connectivity index (χ0) is 14.1. The molecule has 0 aliphatic rings. The number of benzene rings is 1. The lowest BCUT2D eigenvalue weighted by molar-refractivity contribution is 0.628. The third kappa shape index (κ3) is 8.95. The van der Waals surface area contributed by atoms with Crippen LogP contribution in [0.4, 0.5) is 10.1 Å². The summed E-state index contributed by atoms with van der Waals surface area (Å²) in [6.07, 6.45) is 0.883. The summed E-state index contributed by atoms with van der Waals surface area (Å²) in [6, 6.07) is 6.44. The summed E-state index contributed by atoms with van der Waals surface area (Å²) in [7, 11) is 0. The molecule has 0 saturated heterocycles. The van der Waals surface area contributed by atoms with Crippen LogP contribution in [0.3, 0.4) is 0 Å². The van der Waals surface area contributed by atoms with Gasteiger partial charge < -0.3 is 16.4 Å². The highest BCUT2D eigenvalue weighted by Gasteiger charge is 1.96. The number of hydrogen-bond acceptors (Lipinski definition) is 2. The van der Waals surface area contributed by atoms with E-state index in [1.807, 2.05) is 6.07 Å². The molecule has 1 rings (SSSR count). The molecule has 0 heterocycles. The van der Waals surface area contributed by atoms with Crippen molar-refractivity contribution in [2.45, 2.75) is 20.3 Å². The van der Waals surface area contributed by atoms with Gasteiger partial charge in [-0.2, -0.15) is 0 Å². The number of guanidine groups is 1. The van der Waals surface area contributed by atoms with Crippen molar-refractivity contribution in [2.24, 2.45) is 16.6 Å². The Labute approximate surface area is 137 Å². The Morgan fingerprint density at radius 3 is 2.75 bits per heavy atom. The molecule has 0 fully saturated rings. The standard InChI is InChI=1S/C14H23FN4.HI/c1-11(2)10-19-14(16)18-8-4-7-17-13-6-3-5-12(15)9-13;/h3,5-6,9,11,17H,4,7-8,10H2,1-2H3,(H3,16,18,19);1H. The largest absolute Gasteiger partial charge is 0.385 e. The molecule has 114 valence electrons. The first-order chi connectivity index (χ1) is 9.08. The number of nitrogens with one attached hydrogen (secondary N) is 2. The minimum Gasteiger partial charge on any atom is -0.385 e. The van der Waals surface area contributed by atoms with Gasteiger partial charge in [0.05, 0.1) is 0 Å². The van der Waals surface area contributed by atoms with Crippen molar-refractivity contribution in [3.63, 3.8) is 0 Å². The third-order valence-electron chi connectivity index (χ3n) is 2.44. The summed E-state index contributed by atoms with van der Waals surface area (Å²) in [5, 5.41) is 6.20. The smallest absolute Gasteiger partial charge is 0.188 e. The van der Waals surface area contributed by atoms with Gasteiger partial charge in [0.1, 0.15) is 5.82 Å². The molecule has 0 aromatic heterocycles. The predicted octanol–water partition coefficient (Wildman–Crippen LogP) is 2.81. The zero-order valence-corrected chi connectivity index (χ0v) is 14.4. The van der Waals surface area contributed by atoms with Gasteiger partial charge in [0.2, 0.25) is 0 Å². The molecule has 0 spiro atoms. The van der Waals surface area contributed by atoms with E-state index in [2.05, 4.69) is 29.5 Å². The number of nitrogens with zero attached hydrogens (tertiary/aromatic N) is 1. The molecule has 0 saturated carbocycles. The summed E-state index contributed by atoms with van der Waals surface area (Å²) in [4.78, 5) is 4.20. The maximum atomic E-state index is 12.9. The molecule has 1 aromatic rings. The topological polar surface area (TPSA) is 62.4 Å². The maximum Gasteiger partial charge on any atom is 0.188 e. The molecular formula is C14H24FIN4. The lowest BCUT2D eigenvalue weighted by Gasteiger charge is -2.08.